The van der Waals surface area contributed by atoms with Crippen LogP contribution in [0.25, 0.3) is 0 Å². The number of amides is 2. The number of phenols is 1. The summed E-state index contributed by atoms with van der Waals surface area (Å²) in [6.07, 6.45) is -0.869. The van der Waals surface area contributed by atoms with Gasteiger partial charge in [0.05, 0.1) is 58.3 Å². The van der Waals surface area contributed by atoms with Gasteiger partial charge in [-0.2, -0.15) is 0 Å². The number of nitrogens with zero attached hydrogens (tertiary/aromatic N) is 3. The van der Waals surface area contributed by atoms with Gasteiger partial charge in [0.2, 0.25) is 5.91 Å². The third-order valence-electron chi connectivity index (χ3n) is 8.06. The lowest BCUT2D eigenvalue weighted by Crippen LogP contribution is -2.56. The Balaban J connectivity index is 1.34. The molecule has 2 heterocycles. The molecule has 0 unspecified atom stereocenters. The molecule has 2 aliphatic heterocycles. The molecular formula is C31H34F2N3O5+. The van der Waals surface area contributed by atoms with Gasteiger partial charge in [-0.3, -0.25) is 9.69 Å². The maximum atomic E-state index is 13.6. The fourth-order valence-corrected chi connectivity index (χ4v) is 5.46. The summed E-state index contributed by atoms with van der Waals surface area (Å²) in [5, 5.41) is 21.7. The number of hydrogen-bond donors (Lipinski definition) is 2. The molecule has 2 saturated heterocycles. The molecule has 2 aliphatic rings. The quantitative estimate of drug-likeness (QED) is 0.318. The molecule has 41 heavy (non-hydrogen) atoms. The number of aromatic hydroxyl groups is 1. The van der Waals surface area contributed by atoms with Crippen LogP contribution in [-0.2, 0) is 4.79 Å². The first-order valence-electron chi connectivity index (χ1n) is 13.7. The molecule has 3 aromatic rings. The van der Waals surface area contributed by atoms with Crippen LogP contribution in [0, 0.1) is 17.6 Å². The van der Waals surface area contributed by atoms with E-state index in [4.69, 9.17) is 4.74 Å². The number of aliphatic hydroxyl groups excluding tert-OH is 1. The second-order valence-corrected chi connectivity index (χ2v) is 11.3. The van der Waals surface area contributed by atoms with Crippen molar-refractivity contribution in [2.24, 2.45) is 5.92 Å². The van der Waals surface area contributed by atoms with E-state index in [9.17, 15) is 28.6 Å². The Labute approximate surface area is 237 Å². The van der Waals surface area contributed by atoms with Gasteiger partial charge < -0.3 is 24.3 Å². The minimum Gasteiger partial charge on any atom is -0.507 e. The number of likely N-dealkylation sites (N-methyl/N-ethyl adjacent to an activating group) is 1. The van der Waals surface area contributed by atoms with E-state index in [1.807, 2.05) is 0 Å². The van der Waals surface area contributed by atoms with Crippen LogP contribution in [0.2, 0.25) is 0 Å². The molecule has 2 fully saturated rings. The van der Waals surface area contributed by atoms with E-state index in [2.05, 4.69) is 14.1 Å². The fraction of sp³-hybridized carbons (Fsp3) is 0.355. The molecule has 5 rings (SSSR count). The molecule has 0 radical (unpaired) electrons. The van der Waals surface area contributed by atoms with Crippen molar-refractivity contribution < 1.29 is 37.8 Å². The molecule has 2 N–H and O–H groups in total. The lowest BCUT2D eigenvalue weighted by molar-refractivity contribution is -0.894. The predicted octanol–water partition coefficient (Wildman–Crippen LogP) is 4.78. The number of quaternary nitrogens is 1. The standard InChI is InChI=1S/C31H33F2N3O5/c1-36(2)17-15-34(16-18-36)31(40)41-24-11-12-25(28(38)19-24)29-26(13-14-27(37)20-3-5-21(32)6-4-20)30(39)35(29)23-9-7-22(33)8-10-23/h3-12,19,26-27,29,37H,13-18H2,1-2H3/p+1/t26-,27+,29-/m1/s1. The second-order valence-electron chi connectivity index (χ2n) is 11.3. The van der Waals surface area contributed by atoms with Crippen molar-refractivity contribution in [2.75, 3.05) is 45.2 Å². The first-order valence-corrected chi connectivity index (χ1v) is 13.7. The Bertz CT molecular complexity index is 1400. The van der Waals surface area contributed by atoms with Crippen LogP contribution >= 0.6 is 0 Å². The SMILES string of the molecule is C[N+]1(C)CCN(C(=O)Oc2ccc([C@@H]3[C@@H](CC[C@H](O)c4ccc(F)cc4)C(=O)N3c3ccc(F)cc3)c(O)c2)CC1. The summed E-state index contributed by atoms with van der Waals surface area (Å²) in [5.41, 5.74) is 1.44. The number of benzene rings is 3. The first-order chi connectivity index (χ1) is 19.5. The van der Waals surface area contributed by atoms with Crippen molar-refractivity contribution in [1.82, 2.24) is 4.90 Å². The molecule has 3 atom stereocenters. The van der Waals surface area contributed by atoms with Gasteiger partial charge in [-0.15, -0.1) is 0 Å². The zero-order valence-corrected chi connectivity index (χ0v) is 23.0. The molecule has 0 spiro atoms. The highest BCUT2D eigenvalue weighted by atomic mass is 19.1. The van der Waals surface area contributed by atoms with Gasteiger partial charge in [-0.05, 0) is 66.9 Å². The highest BCUT2D eigenvalue weighted by molar-refractivity contribution is 6.03. The monoisotopic (exact) mass is 566 g/mol. The maximum Gasteiger partial charge on any atom is 0.415 e. The van der Waals surface area contributed by atoms with Crippen LogP contribution in [0.3, 0.4) is 0 Å². The highest BCUT2D eigenvalue weighted by Crippen LogP contribution is 2.49. The summed E-state index contributed by atoms with van der Waals surface area (Å²) < 4.78 is 33.3. The summed E-state index contributed by atoms with van der Waals surface area (Å²) in [4.78, 5) is 29.1. The molecule has 0 aromatic heterocycles. The number of aliphatic hydroxyl groups is 1. The number of carbonyl (C=O) groups is 2. The van der Waals surface area contributed by atoms with E-state index < -0.39 is 35.8 Å². The van der Waals surface area contributed by atoms with Crippen molar-refractivity contribution in [3.8, 4) is 11.5 Å². The third-order valence-corrected chi connectivity index (χ3v) is 8.06. The predicted molar refractivity (Wildman–Crippen MR) is 148 cm³/mol. The van der Waals surface area contributed by atoms with E-state index in [0.717, 1.165) is 17.6 Å². The largest absolute Gasteiger partial charge is 0.507 e. The summed E-state index contributed by atoms with van der Waals surface area (Å²) in [5.74, 6) is -1.63. The topological polar surface area (TPSA) is 90.3 Å². The average molecular weight is 567 g/mol. The number of carbonyl (C=O) groups excluding carboxylic acids is 2. The number of piperazine rings is 1. The fourth-order valence-electron chi connectivity index (χ4n) is 5.46. The van der Waals surface area contributed by atoms with E-state index in [1.54, 1.807) is 17.0 Å². The molecule has 10 heteroatoms. The molecule has 216 valence electrons. The Morgan fingerprint density at radius 3 is 2.22 bits per heavy atom. The van der Waals surface area contributed by atoms with Crippen molar-refractivity contribution in [3.05, 3.63) is 89.5 Å². The Morgan fingerprint density at radius 2 is 1.61 bits per heavy atom. The van der Waals surface area contributed by atoms with Crippen LogP contribution in [-0.4, -0.2) is 71.9 Å². The maximum absolute atomic E-state index is 13.6. The molecular weight excluding hydrogens is 532 g/mol. The number of hydrogen-bond acceptors (Lipinski definition) is 5. The summed E-state index contributed by atoms with van der Waals surface area (Å²) in [6, 6.07) is 15.0. The van der Waals surface area contributed by atoms with Crippen molar-refractivity contribution in [2.45, 2.75) is 25.0 Å². The zero-order valence-electron chi connectivity index (χ0n) is 23.0. The molecule has 3 aromatic carbocycles. The van der Waals surface area contributed by atoms with Gasteiger partial charge in [0.1, 0.15) is 23.1 Å². The lowest BCUT2D eigenvalue weighted by atomic mass is 9.78. The first kappa shape index (κ1) is 28.5. The summed E-state index contributed by atoms with van der Waals surface area (Å²) >= 11 is 0. The van der Waals surface area contributed by atoms with Crippen LogP contribution in [0.4, 0.5) is 19.3 Å². The zero-order chi connectivity index (χ0) is 29.3. The van der Waals surface area contributed by atoms with Crippen LogP contribution in [0.1, 0.15) is 36.1 Å². The van der Waals surface area contributed by atoms with Crippen LogP contribution < -0.4 is 9.64 Å². The minimum atomic E-state index is -0.904. The van der Waals surface area contributed by atoms with Crippen molar-refractivity contribution in [3.63, 3.8) is 0 Å². The van der Waals surface area contributed by atoms with Crippen LogP contribution in [0.15, 0.2) is 66.7 Å². The summed E-state index contributed by atoms with van der Waals surface area (Å²) in [7, 11) is 4.22. The van der Waals surface area contributed by atoms with Crippen LogP contribution in [0.5, 0.6) is 11.5 Å². The Morgan fingerprint density at radius 1 is 1.00 bits per heavy atom. The molecule has 2 amide bonds. The van der Waals surface area contributed by atoms with E-state index >= 15 is 0 Å². The molecule has 8 nitrogen and oxygen atoms in total. The van der Waals surface area contributed by atoms with Crippen molar-refractivity contribution >= 4 is 17.7 Å². The lowest BCUT2D eigenvalue weighted by Gasteiger charge is -2.48. The van der Waals surface area contributed by atoms with Gasteiger partial charge in [-0.1, -0.05) is 12.1 Å². The second kappa shape index (κ2) is 11.5. The molecule has 0 saturated carbocycles. The van der Waals surface area contributed by atoms with Gasteiger partial charge in [-0.25, -0.2) is 13.6 Å². The van der Waals surface area contributed by atoms with E-state index in [0.29, 0.717) is 36.3 Å². The number of halogens is 2. The highest BCUT2D eigenvalue weighted by Gasteiger charge is 2.49. The number of anilines is 1. The molecule has 0 aliphatic carbocycles. The van der Waals surface area contributed by atoms with Gasteiger partial charge in [0, 0.05) is 17.3 Å². The third kappa shape index (κ3) is 6.18. The molecule has 0 bridgehead atoms. The van der Waals surface area contributed by atoms with Gasteiger partial charge >= 0.3 is 6.09 Å². The number of rotatable bonds is 7. The number of phenolic OH excluding ortho intramolecular Hbond substituents is 1. The van der Waals surface area contributed by atoms with Gasteiger partial charge in [0.25, 0.3) is 0 Å². The Kier molecular flexibility index (Phi) is 7.97. The average Bonchev–Trinajstić information content (AvgIpc) is 2.93. The smallest absolute Gasteiger partial charge is 0.415 e. The normalized spacial score (nSPS) is 20.9. The minimum absolute atomic E-state index is 0.152. The summed E-state index contributed by atoms with van der Waals surface area (Å²) in [6.45, 7) is 2.76. The van der Waals surface area contributed by atoms with Crippen molar-refractivity contribution in [1.29, 1.82) is 0 Å². The van der Waals surface area contributed by atoms with Gasteiger partial charge in [0.15, 0.2) is 0 Å². The number of β-lactam (4-membered cyclic amide) rings is 1. The number of ether oxygens (including phenoxy) is 1. The van der Waals surface area contributed by atoms with E-state index in [-0.39, 0.29) is 23.8 Å². The van der Waals surface area contributed by atoms with E-state index in [1.165, 1.54) is 59.5 Å². The Hall–Kier alpha value is -4.02.